The van der Waals surface area contributed by atoms with Gasteiger partial charge in [-0.15, -0.1) is 11.3 Å². The van der Waals surface area contributed by atoms with Crippen LogP contribution in [0.5, 0.6) is 11.5 Å². The van der Waals surface area contributed by atoms with Crippen molar-refractivity contribution in [1.29, 1.82) is 0 Å². The lowest BCUT2D eigenvalue weighted by atomic mass is 10.1. The minimum Gasteiger partial charge on any atom is -0.493 e. The summed E-state index contributed by atoms with van der Waals surface area (Å²) in [6.45, 7) is 8.04. The van der Waals surface area contributed by atoms with Crippen LogP contribution in [0.25, 0.3) is 0 Å². The summed E-state index contributed by atoms with van der Waals surface area (Å²) in [4.78, 5) is 10.7. The summed E-state index contributed by atoms with van der Waals surface area (Å²) in [5, 5.41) is 5.69. The van der Waals surface area contributed by atoms with Crippen molar-refractivity contribution >= 4 is 17.3 Å². The van der Waals surface area contributed by atoms with Crippen LogP contribution in [-0.2, 0) is 6.54 Å². The molecule has 2 aromatic rings. The molecule has 29 heavy (non-hydrogen) atoms. The van der Waals surface area contributed by atoms with Crippen LogP contribution in [0.2, 0.25) is 0 Å². The normalized spacial score (nSPS) is 16.6. The van der Waals surface area contributed by atoms with Gasteiger partial charge in [-0.3, -0.25) is 9.89 Å². The quantitative estimate of drug-likeness (QED) is 0.555. The van der Waals surface area contributed by atoms with Gasteiger partial charge < -0.3 is 19.7 Å². The lowest BCUT2D eigenvalue weighted by Crippen LogP contribution is -2.52. The molecule has 1 aromatic heterocycles. The van der Waals surface area contributed by atoms with Crippen LogP contribution < -0.4 is 14.8 Å². The number of nitrogens with one attached hydrogen (secondary N) is 1. The Hall–Kier alpha value is -2.25. The highest BCUT2D eigenvalue weighted by Gasteiger charge is 2.20. The molecule has 6 nitrogen and oxygen atoms in total. The lowest BCUT2D eigenvalue weighted by molar-refractivity contribution is 0.172. The van der Waals surface area contributed by atoms with Crippen LogP contribution in [0.3, 0.4) is 0 Å². The number of piperazine rings is 1. The maximum Gasteiger partial charge on any atom is 0.193 e. The first kappa shape index (κ1) is 21.5. The van der Waals surface area contributed by atoms with E-state index in [1.807, 2.05) is 24.5 Å². The molecule has 1 aromatic carbocycles. The Labute approximate surface area is 178 Å². The monoisotopic (exact) mass is 416 g/mol. The van der Waals surface area contributed by atoms with Crippen molar-refractivity contribution in [2.45, 2.75) is 19.4 Å². The van der Waals surface area contributed by atoms with Gasteiger partial charge in [0.05, 0.1) is 14.2 Å². The Morgan fingerprint density at radius 3 is 2.52 bits per heavy atom. The summed E-state index contributed by atoms with van der Waals surface area (Å²) in [5.74, 6) is 3.04. The van der Waals surface area contributed by atoms with Gasteiger partial charge in [0.15, 0.2) is 17.5 Å². The summed E-state index contributed by atoms with van der Waals surface area (Å²) >= 11 is 1.81. The molecule has 1 fully saturated rings. The van der Waals surface area contributed by atoms with Crippen molar-refractivity contribution in [3.8, 4) is 11.5 Å². The SMILES string of the molecule is CN=C(NCC(C)c1cccs1)N1CCN(Cc2ccc(OC)c(OC)c2)CC1. The summed E-state index contributed by atoms with van der Waals surface area (Å²) in [7, 11) is 5.21. The number of aliphatic imine (C=N–C) groups is 1. The molecule has 0 amide bonds. The maximum atomic E-state index is 5.43. The molecule has 3 rings (SSSR count). The molecule has 0 bridgehead atoms. The van der Waals surface area contributed by atoms with Gasteiger partial charge in [0.25, 0.3) is 0 Å². The zero-order valence-corrected chi connectivity index (χ0v) is 18.7. The predicted octanol–water partition coefficient (Wildman–Crippen LogP) is 3.26. The molecule has 1 aliphatic rings. The van der Waals surface area contributed by atoms with Crippen molar-refractivity contribution in [3.63, 3.8) is 0 Å². The van der Waals surface area contributed by atoms with Crippen molar-refractivity contribution in [2.75, 3.05) is 54.0 Å². The van der Waals surface area contributed by atoms with Crippen LogP contribution in [0, 0.1) is 0 Å². The molecule has 158 valence electrons. The highest BCUT2D eigenvalue weighted by molar-refractivity contribution is 7.10. The first-order valence-corrected chi connectivity index (χ1v) is 10.9. The van der Waals surface area contributed by atoms with Crippen LogP contribution in [0.4, 0.5) is 0 Å². The molecular formula is C22H32N4O2S. The largest absolute Gasteiger partial charge is 0.493 e. The first-order chi connectivity index (χ1) is 14.1. The molecule has 1 N–H and O–H groups in total. The molecule has 0 radical (unpaired) electrons. The number of ether oxygens (including phenoxy) is 2. The third-order valence-corrected chi connectivity index (χ3v) is 6.44. The third-order valence-electron chi connectivity index (χ3n) is 5.33. The van der Waals surface area contributed by atoms with Gasteiger partial charge in [-0.05, 0) is 29.1 Å². The molecule has 0 saturated carbocycles. The smallest absolute Gasteiger partial charge is 0.193 e. The van der Waals surface area contributed by atoms with E-state index in [1.165, 1.54) is 10.4 Å². The van der Waals surface area contributed by atoms with Gasteiger partial charge in [-0.2, -0.15) is 0 Å². The van der Waals surface area contributed by atoms with E-state index in [4.69, 9.17) is 9.47 Å². The highest BCUT2D eigenvalue weighted by atomic mass is 32.1. The van der Waals surface area contributed by atoms with Crippen LogP contribution in [0.1, 0.15) is 23.3 Å². The Kier molecular flexibility index (Phi) is 7.77. The standard InChI is InChI=1S/C22H32N4O2S/c1-17(21-6-5-13-29-21)15-24-22(23-2)26-11-9-25(10-12-26)16-18-7-8-19(27-3)20(14-18)28-4/h5-8,13-14,17H,9-12,15-16H2,1-4H3,(H,23,24). The number of methoxy groups -OCH3 is 2. The van der Waals surface area contributed by atoms with Crippen molar-refractivity contribution < 1.29 is 9.47 Å². The van der Waals surface area contributed by atoms with E-state index in [0.717, 1.165) is 56.7 Å². The number of hydrogen-bond donors (Lipinski definition) is 1. The number of rotatable bonds is 7. The maximum absolute atomic E-state index is 5.43. The van der Waals surface area contributed by atoms with Crippen molar-refractivity contribution in [2.24, 2.45) is 4.99 Å². The summed E-state index contributed by atoms with van der Waals surface area (Å²) < 4.78 is 10.8. The second-order valence-corrected chi connectivity index (χ2v) is 8.28. The zero-order chi connectivity index (χ0) is 20.6. The van der Waals surface area contributed by atoms with E-state index in [9.17, 15) is 0 Å². The molecule has 7 heteroatoms. The van der Waals surface area contributed by atoms with Gasteiger partial charge >= 0.3 is 0 Å². The van der Waals surface area contributed by atoms with Gasteiger partial charge in [-0.25, -0.2) is 0 Å². The van der Waals surface area contributed by atoms with E-state index in [1.54, 1.807) is 14.2 Å². The van der Waals surface area contributed by atoms with Crippen molar-refractivity contribution in [3.05, 3.63) is 46.2 Å². The van der Waals surface area contributed by atoms with Gasteiger partial charge in [-0.1, -0.05) is 19.1 Å². The van der Waals surface area contributed by atoms with Crippen LogP contribution >= 0.6 is 11.3 Å². The molecule has 1 atom stereocenters. The molecule has 0 aliphatic carbocycles. The Balaban J connectivity index is 1.49. The number of guanidine groups is 1. The van der Waals surface area contributed by atoms with Gasteiger partial charge in [0, 0.05) is 57.1 Å². The van der Waals surface area contributed by atoms with E-state index in [-0.39, 0.29) is 0 Å². The first-order valence-electron chi connectivity index (χ1n) is 10.1. The predicted molar refractivity (Wildman–Crippen MR) is 120 cm³/mol. The third kappa shape index (κ3) is 5.64. The number of nitrogens with zero attached hydrogens (tertiary/aromatic N) is 3. The number of thiophene rings is 1. The van der Waals surface area contributed by atoms with Crippen molar-refractivity contribution in [1.82, 2.24) is 15.1 Å². The topological polar surface area (TPSA) is 49.3 Å². The summed E-state index contributed by atoms with van der Waals surface area (Å²) in [5.41, 5.74) is 1.24. The van der Waals surface area contributed by atoms with E-state index < -0.39 is 0 Å². The van der Waals surface area contributed by atoms with E-state index in [0.29, 0.717) is 5.92 Å². The van der Waals surface area contributed by atoms with Gasteiger partial charge in [0.1, 0.15) is 0 Å². The number of benzene rings is 1. The number of hydrogen-bond acceptors (Lipinski definition) is 5. The van der Waals surface area contributed by atoms with Crippen LogP contribution in [0.15, 0.2) is 40.7 Å². The summed E-state index contributed by atoms with van der Waals surface area (Å²) in [6, 6.07) is 10.5. The molecule has 1 unspecified atom stereocenters. The highest BCUT2D eigenvalue weighted by Crippen LogP contribution is 2.28. The fraction of sp³-hybridized carbons (Fsp3) is 0.500. The molecule has 0 spiro atoms. The average Bonchev–Trinajstić information content (AvgIpc) is 3.30. The fourth-order valence-electron chi connectivity index (χ4n) is 3.60. The molecule has 1 aliphatic heterocycles. The Bertz CT molecular complexity index is 786. The zero-order valence-electron chi connectivity index (χ0n) is 17.9. The summed E-state index contributed by atoms with van der Waals surface area (Å²) in [6.07, 6.45) is 0. The Morgan fingerprint density at radius 2 is 1.90 bits per heavy atom. The fourth-order valence-corrected chi connectivity index (χ4v) is 4.39. The Morgan fingerprint density at radius 1 is 1.14 bits per heavy atom. The lowest BCUT2D eigenvalue weighted by Gasteiger charge is -2.36. The minimum absolute atomic E-state index is 0.484. The molecule has 2 heterocycles. The van der Waals surface area contributed by atoms with E-state index >= 15 is 0 Å². The second-order valence-electron chi connectivity index (χ2n) is 7.30. The van der Waals surface area contributed by atoms with Crippen LogP contribution in [-0.4, -0.2) is 69.8 Å². The second kappa shape index (κ2) is 10.5. The van der Waals surface area contributed by atoms with E-state index in [2.05, 4.69) is 56.7 Å². The molecule has 1 saturated heterocycles. The molecular weight excluding hydrogens is 384 g/mol. The average molecular weight is 417 g/mol. The van der Waals surface area contributed by atoms with Gasteiger partial charge in [0.2, 0.25) is 0 Å². The minimum atomic E-state index is 0.484.